The molecule has 1 aromatic rings. The highest BCUT2D eigenvalue weighted by Crippen LogP contribution is 2.25. The normalized spacial score (nSPS) is 19.0. The van der Waals surface area contributed by atoms with Crippen molar-refractivity contribution in [1.82, 2.24) is 10.2 Å². The summed E-state index contributed by atoms with van der Waals surface area (Å²) in [5.74, 6) is 0.321. The molecule has 0 aromatic carbocycles. The van der Waals surface area contributed by atoms with Crippen molar-refractivity contribution in [2.45, 2.75) is 38.3 Å². The number of aliphatic hydroxyl groups is 1. The van der Waals surface area contributed by atoms with E-state index in [9.17, 15) is 9.90 Å². The van der Waals surface area contributed by atoms with Crippen molar-refractivity contribution >= 4 is 23.4 Å². The SMILES string of the molecule is CCOC(=O)N1CCC(NC(N)=NCC(C)(O)c2cccs2)CC1. The Bertz CT molecular complexity index is 552. The van der Waals surface area contributed by atoms with E-state index in [2.05, 4.69) is 10.3 Å². The molecule has 1 atom stereocenters. The summed E-state index contributed by atoms with van der Waals surface area (Å²) in [6, 6.07) is 3.96. The van der Waals surface area contributed by atoms with Gasteiger partial charge in [0.25, 0.3) is 0 Å². The van der Waals surface area contributed by atoms with Gasteiger partial charge in [-0.15, -0.1) is 11.3 Å². The molecule has 1 amide bonds. The second kappa shape index (κ2) is 8.34. The Morgan fingerprint density at radius 3 is 2.88 bits per heavy atom. The van der Waals surface area contributed by atoms with Crippen LogP contribution in [0.4, 0.5) is 4.79 Å². The summed E-state index contributed by atoms with van der Waals surface area (Å²) in [7, 11) is 0. The smallest absolute Gasteiger partial charge is 0.409 e. The number of thiophene rings is 1. The summed E-state index contributed by atoms with van der Waals surface area (Å²) in [5.41, 5.74) is 4.91. The average Bonchev–Trinajstić information content (AvgIpc) is 3.09. The third kappa shape index (κ3) is 5.10. The van der Waals surface area contributed by atoms with Crippen LogP contribution in [0.1, 0.15) is 31.6 Å². The zero-order valence-corrected chi connectivity index (χ0v) is 15.0. The van der Waals surface area contributed by atoms with Gasteiger partial charge in [0.1, 0.15) is 5.60 Å². The van der Waals surface area contributed by atoms with Crippen LogP contribution in [-0.2, 0) is 10.3 Å². The van der Waals surface area contributed by atoms with Gasteiger partial charge in [0.15, 0.2) is 5.96 Å². The predicted octanol–water partition coefficient (Wildman–Crippen LogP) is 1.48. The number of piperidine rings is 1. The Labute approximate surface area is 146 Å². The molecule has 2 rings (SSSR count). The fourth-order valence-corrected chi connectivity index (χ4v) is 3.36. The lowest BCUT2D eigenvalue weighted by Crippen LogP contribution is -2.48. The van der Waals surface area contributed by atoms with Crippen LogP contribution >= 0.6 is 11.3 Å². The maximum Gasteiger partial charge on any atom is 0.409 e. The first-order chi connectivity index (χ1) is 11.4. The summed E-state index contributed by atoms with van der Waals surface area (Å²) < 4.78 is 5.00. The lowest BCUT2D eigenvalue weighted by atomic mass is 10.1. The molecule has 0 radical (unpaired) electrons. The monoisotopic (exact) mass is 354 g/mol. The van der Waals surface area contributed by atoms with Gasteiger partial charge in [-0.25, -0.2) is 4.79 Å². The molecule has 0 spiro atoms. The molecule has 134 valence electrons. The highest BCUT2D eigenvalue weighted by Gasteiger charge is 2.25. The number of aliphatic imine (C=N–C) groups is 1. The number of hydrogen-bond donors (Lipinski definition) is 3. The third-order valence-electron chi connectivity index (χ3n) is 3.98. The molecule has 1 aliphatic rings. The van der Waals surface area contributed by atoms with E-state index in [1.807, 2.05) is 17.5 Å². The summed E-state index contributed by atoms with van der Waals surface area (Å²) in [5, 5.41) is 15.5. The molecule has 8 heteroatoms. The number of nitrogens with zero attached hydrogens (tertiary/aromatic N) is 2. The Morgan fingerprint density at radius 2 is 2.29 bits per heavy atom. The largest absolute Gasteiger partial charge is 0.450 e. The first-order valence-corrected chi connectivity index (χ1v) is 9.05. The molecular weight excluding hydrogens is 328 g/mol. The summed E-state index contributed by atoms with van der Waals surface area (Å²) in [6.07, 6.45) is 1.32. The predicted molar refractivity (Wildman–Crippen MR) is 95.1 cm³/mol. The van der Waals surface area contributed by atoms with E-state index >= 15 is 0 Å². The molecule has 1 aliphatic heterocycles. The van der Waals surface area contributed by atoms with Crippen molar-refractivity contribution in [2.75, 3.05) is 26.2 Å². The van der Waals surface area contributed by atoms with Crippen molar-refractivity contribution in [3.8, 4) is 0 Å². The Kier molecular flexibility index (Phi) is 6.44. The number of hydrogen-bond acceptors (Lipinski definition) is 5. The average molecular weight is 354 g/mol. The van der Waals surface area contributed by atoms with E-state index in [-0.39, 0.29) is 18.7 Å². The molecule has 0 bridgehead atoms. The van der Waals surface area contributed by atoms with Crippen LogP contribution in [0, 0.1) is 0 Å². The quantitative estimate of drug-likeness (QED) is 0.549. The fraction of sp³-hybridized carbons (Fsp3) is 0.625. The zero-order valence-electron chi connectivity index (χ0n) is 14.2. The van der Waals surface area contributed by atoms with E-state index in [0.717, 1.165) is 17.7 Å². The van der Waals surface area contributed by atoms with Crippen molar-refractivity contribution in [3.05, 3.63) is 22.4 Å². The van der Waals surface area contributed by atoms with Crippen LogP contribution in [0.2, 0.25) is 0 Å². The summed E-state index contributed by atoms with van der Waals surface area (Å²) in [4.78, 5) is 18.5. The molecule has 2 heterocycles. The van der Waals surface area contributed by atoms with Gasteiger partial charge in [0, 0.05) is 24.0 Å². The van der Waals surface area contributed by atoms with E-state index in [4.69, 9.17) is 10.5 Å². The van der Waals surface area contributed by atoms with Gasteiger partial charge in [-0.05, 0) is 38.1 Å². The van der Waals surface area contributed by atoms with Crippen molar-refractivity contribution in [3.63, 3.8) is 0 Å². The second-order valence-electron chi connectivity index (χ2n) is 6.06. The third-order valence-corrected chi connectivity index (χ3v) is 5.11. The molecule has 1 aromatic heterocycles. The number of ether oxygens (including phenoxy) is 1. The minimum atomic E-state index is -1.02. The lowest BCUT2D eigenvalue weighted by molar-refractivity contribution is 0.0710. The highest BCUT2D eigenvalue weighted by atomic mass is 32.1. The molecule has 1 unspecified atom stereocenters. The Balaban J connectivity index is 1.79. The maximum atomic E-state index is 11.7. The van der Waals surface area contributed by atoms with Gasteiger partial charge in [0.05, 0.1) is 13.2 Å². The van der Waals surface area contributed by atoms with Crippen LogP contribution in [0.5, 0.6) is 0 Å². The minimum Gasteiger partial charge on any atom is -0.450 e. The number of carbonyl (C=O) groups excluding carboxylic acids is 1. The second-order valence-corrected chi connectivity index (χ2v) is 7.00. The van der Waals surface area contributed by atoms with Crippen LogP contribution in [0.3, 0.4) is 0 Å². The first-order valence-electron chi connectivity index (χ1n) is 8.17. The number of nitrogens with two attached hydrogens (primary N) is 1. The number of likely N-dealkylation sites (tertiary alicyclic amines) is 1. The molecule has 0 aliphatic carbocycles. The number of guanidine groups is 1. The maximum absolute atomic E-state index is 11.7. The molecule has 1 fully saturated rings. The molecule has 7 nitrogen and oxygen atoms in total. The van der Waals surface area contributed by atoms with Gasteiger partial charge >= 0.3 is 6.09 Å². The Hall–Kier alpha value is -1.80. The lowest BCUT2D eigenvalue weighted by Gasteiger charge is -2.32. The number of rotatable bonds is 5. The van der Waals surface area contributed by atoms with Crippen LogP contribution in [-0.4, -0.2) is 54.3 Å². The molecule has 4 N–H and O–H groups in total. The molecular formula is C16H26N4O3S. The fourth-order valence-electron chi connectivity index (χ4n) is 2.58. The van der Waals surface area contributed by atoms with E-state index < -0.39 is 5.60 Å². The number of amides is 1. The van der Waals surface area contributed by atoms with E-state index in [0.29, 0.717) is 25.7 Å². The minimum absolute atomic E-state index is 0.172. The van der Waals surface area contributed by atoms with Gasteiger partial charge in [-0.1, -0.05) is 6.07 Å². The van der Waals surface area contributed by atoms with Crippen molar-refractivity contribution in [2.24, 2.45) is 10.7 Å². The van der Waals surface area contributed by atoms with E-state index in [1.165, 1.54) is 11.3 Å². The summed E-state index contributed by atoms with van der Waals surface area (Å²) in [6.45, 7) is 5.39. The van der Waals surface area contributed by atoms with Crippen LogP contribution in [0.15, 0.2) is 22.5 Å². The molecule has 24 heavy (non-hydrogen) atoms. The topological polar surface area (TPSA) is 100 Å². The number of carbonyl (C=O) groups is 1. The molecule has 0 saturated carbocycles. The van der Waals surface area contributed by atoms with Crippen LogP contribution in [0.25, 0.3) is 0 Å². The number of nitrogens with one attached hydrogen (secondary N) is 1. The van der Waals surface area contributed by atoms with Crippen molar-refractivity contribution in [1.29, 1.82) is 0 Å². The van der Waals surface area contributed by atoms with Crippen molar-refractivity contribution < 1.29 is 14.6 Å². The van der Waals surface area contributed by atoms with E-state index in [1.54, 1.807) is 18.7 Å². The van der Waals surface area contributed by atoms with Gasteiger partial charge in [0.2, 0.25) is 0 Å². The summed E-state index contributed by atoms with van der Waals surface area (Å²) >= 11 is 1.49. The van der Waals surface area contributed by atoms with Gasteiger partial charge in [-0.2, -0.15) is 0 Å². The first kappa shape index (κ1) is 18.5. The standard InChI is InChI=1S/C16H26N4O3S/c1-3-23-15(21)20-8-6-12(7-9-20)19-14(17)18-11-16(2,22)13-5-4-10-24-13/h4-5,10,12,22H,3,6-9,11H2,1-2H3,(H3,17,18,19). The van der Waals surface area contributed by atoms with Crippen LogP contribution < -0.4 is 11.1 Å². The molecule has 1 saturated heterocycles. The van der Waals surface area contributed by atoms with Gasteiger partial charge < -0.3 is 25.8 Å². The zero-order chi connectivity index (χ0) is 17.6. The highest BCUT2D eigenvalue weighted by molar-refractivity contribution is 7.10. The Morgan fingerprint density at radius 1 is 1.58 bits per heavy atom. The van der Waals surface area contributed by atoms with Gasteiger partial charge in [-0.3, -0.25) is 4.99 Å².